The van der Waals surface area contributed by atoms with Gasteiger partial charge in [0.05, 0.1) is 19.8 Å². The molecule has 0 saturated heterocycles. The number of rotatable bonds is 10. The molecular formula is C14H31NO2. The Labute approximate surface area is 107 Å². The summed E-state index contributed by atoms with van der Waals surface area (Å²) in [6.45, 7) is 16.1. The fourth-order valence-electron chi connectivity index (χ4n) is 1.29. The van der Waals surface area contributed by atoms with Crippen LogP contribution in [0.2, 0.25) is 0 Å². The van der Waals surface area contributed by atoms with Crippen LogP contribution in [0, 0.1) is 11.3 Å². The molecule has 0 fully saturated rings. The minimum absolute atomic E-state index is 0.251. The zero-order valence-electron chi connectivity index (χ0n) is 12.3. The van der Waals surface area contributed by atoms with Crippen LogP contribution in [0.3, 0.4) is 0 Å². The molecule has 0 rings (SSSR count). The van der Waals surface area contributed by atoms with Crippen LogP contribution in [0.1, 0.15) is 41.0 Å². The third kappa shape index (κ3) is 15.9. The third-order valence-corrected chi connectivity index (χ3v) is 2.10. The van der Waals surface area contributed by atoms with E-state index in [1.807, 2.05) is 0 Å². The summed E-state index contributed by atoms with van der Waals surface area (Å²) in [4.78, 5) is 0. The second kappa shape index (κ2) is 9.86. The zero-order valence-corrected chi connectivity index (χ0v) is 12.3. The first kappa shape index (κ1) is 16.9. The summed E-state index contributed by atoms with van der Waals surface area (Å²) >= 11 is 0. The van der Waals surface area contributed by atoms with E-state index in [1.165, 1.54) is 0 Å². The van der Waals surface area contributed by atoms with Gasteiger partial charge in [-0.3, -0.25) is 0 Å². The van der Waals surface area contributed by atoms with Crippen LogP contribution in [0.5, 0.6) is 0 Å². The van der Waals surface area contributed by atoms with E-state index in [9.17, 15) is 0 Å². The van der Waals surface area contributed by atoms with Gasteiger partial charge in [0.15, 0.2) is 0 Å². The van der Waals surface area contributed by atoms with Crippen molar-refractivity contribution in [2.24, 2.45) is 11.3 Å². The monoisotopic (exact) mass is 245 g/mol. The number of nitrogens with one attached hydrogen (secondary N) is 1. The Hall–Kier alpha value is -0.120. The number of hydrogen-bond donors (Lipinski definition) is 1. The van der Waals surface area contributed by atoms with E-state index in [1.54, 1.807) is 0 Å². The van der Waals surface area contributed by atoms with Gasteiger partial charge in [-0.25, -0.2) is 0 Å². The Morgan fingerprint density at radius 2 is 1.65 bits per heavy atom. The predicted molar refractivity (Wildman–Crippen MR) is 73.4 cm³/mol. The van der Waals surface area contributed by atoms with Crippen molar-refractivity contribution in [2.75, 3.05) is 39.5 Å². The standard InChI is InChI=1S/C14H31NO2/c1-13(2)11-15-7-6-8-16-9-10-17-12-14(3,4)5/h13,15H,6-12H2,1-5H3. The van der Waals surface area contributed by atoms with Crippen molar-refractivity contribution >= 4 is 0 Å². The molecule has 0 unspecified atom stereocenters. The molecular weight excluding hydrogens is 214 g/mol. The van der Waals surface area contributed by atoms with Crippen molar-refractivity contribution in [1.29, 1.82) is 0 Å². The lowest BCUT2D eigenvalue weighted by Crippen LogP contribution is -2.22. The first-order valence-electron chi connectivity index (χ1n) is 6.78. The van der Waals surface area contributed by atoms with Gasteiger partial charge in [0.25, 0.3) is 0 Å². The van der Waals surface area contributed by atoms with Gasteiger partial charge in [0.1, 0.15) is 0 Å². The molecule has 0 aliphatic carbocycles. The molecule has 0 aromatic rings. The molecule has 0 aromatic heterocycles. The summed E-state index contributed by atoms with van der Waals surface area (Å²) in [5.41, 5.74) is 0.251. The van der Waals surface area contributed by atoms with Crippen LogP contribution >= 0.6 is 0 Å². The Kier molecular flexibility index (Phi) is 9.79. The van der Waals surface area contributed by atoms with Crippen LogP contribution in [-0.4, -0.2) is 39.5 Å². The first-order valence-corrected chi connectivity index (χ1v) is 6.78. The first-order chi connectivity index (χ1) is 7.92. The molecule has 0 aliphatic rings. The maximum absolute atomic E-state index is 5.52. The van der Waals surface area contributed by atoms with Crippen LogP contribution in [-0.2, 0) is 9.47 Å². The molecule has 0 amide bonds. The van der Waals surface area contributed by atoms with Crippen molar-refractivity contribution in [3.63, 3.8) is 0 Å². The SMILES string of the molecule is CC(C)CNCCCOCCOCC(C)(C)C. The molecule has 3 heteroatoms. The number of hydrogen-bond acceptors (Lipinski definition) is 3. The molecule has 104 valence electrons. The van der Waals surface area contributed by atoms with Crippen LogP contribution < -0.4 is 5.32 Å². The third-order valence-electron chi connectivity index (χ3n) is 2.10. The maximum atomic E-state index is 5.52. The van der Waals surface area contributed by atoms with Gasteiger partial charge < -0.3 is 14.8 Å². The summed E-state index contributed by atoms with van der Waals surface area (Å²) in [5, 5.41) is 3.40. The molecule has 0 bridgehead atoms. The van der Waals surface area contributed by atoms with Crippen LogP contribution in [0.15, 0.2) is 0 Å². The molecule has 0 radical (unpaired) electrons. The fourth-order valence-corrected chi connectivity index (χ4v) is 1.29. The van der Waals surface area contributed by atoms with Gasteiger partial charge >= 0.3 is 0 Å². The van der Waals surface area contributed by atoms with Crippen molar-refractivity contribution in [3.8, 4) is 0 Å². The Morgan fingerprint density at radius 1 is 1.00 bits per heavy atom. The van der Waals surface area contributed by atoms with Crippen molar-refractivity contribution in [1.82, 2.24) is 5.32 Å². The van der Waals surface area contributed by atoms with Gasteiger partial charge in [0.2, 0.25) is 0 Å². The lowest BCUT2D eigenvalue weighted by atomic mass is 9.99. The quantitative estimate of drug-likeness (QED) is 0.600. The molecule has 0 aromatic carbocycles. The highest BCUT2D eigenvalue weighted by molar-refractivity contribution is 4.58. The highest BCUT2D eigenvalue weighted by Gasteiger charge is 2.09. The van der Waals surface area contributed by atoms with Gasteiger partial charge in [-0.2, -0.15) is 0 Å². The molecule has 1 N–H and O–H groups in total. The molecule has 0 spiro atoms. The molecule has 0 atom stereocenters. The topological polar surface area (TPSA) is 30.5 Å². The van der Waals surface area contributed by atoms with Crippen molar-refractivity contribution in [2.45, 2.75) is 41.0 Å². The van der Waals surface area contributed by atoms with Crippen LogP contribution in [0.25, 0.3) is 0 Å². The van der Waals surface area contributed by atoms with E-state index in [-0.39, 0.29) is 5.41 Å². The van der Waals surface area contributed by atoms with Gasteiger partial charge in [0, 0.05) is 6.61 Å². The number of ether oxygens (including phenoxy) is 2. The summed E-state index contributed by atoms with van der Waals surface area (Å²) < 4.78 is 11.0. The second-order valence-corrected chi connectivity index (χ2v) is 6.18. The smallest absolute Gasteiger partial charge is 0.0700 e. The van der Waals surface area contributed by atoms with Gasteiger partial charge in [-0.1, -0.05) is 34.6 Å². The maximum Gasteiger partial charge on any atom is 0.0700 e. The molecule has 0 saturated carbocycles. The fraction of sp³-hybridized carbons (Fsp3) is 1.00. The van der Waals surface area contributed by atoms with Gasteiger partial charge in [-0.15, -0.1) is 0 Å². The van der Waals surface area contributed by atoms with E-state index in [0.29, 0.717) is 13.2 Å². The van der Waals surface area contributed by atoms with E-state index in [0.717, 1.165) is 38.6 Å². The van der Waals surface area contributed by atoms with Crippen molar-refractivity contribution < 1.29 is 9.47 Å². The van der Waals surface area contributed by atoms with Crippen LogP contribution in [0.4, 0.5) is 0 Å². The molecule has 3 nitrogen and oxygen atoms in total. The largest absolute Gasteiger partial charge is 0.379 e. The lowest BCUT2D eigenvalue weighted by molar-refractivity contribution is 0.0190. The highest BCUT2D eigenvalue weighted by Crippen LogP contribution is 2.12. The van der Waals surface area contributed by atoms with E-state index in [4.69, 9.17) is 9.47 Å². The summed E-state index contributed by atoms with van der Waals surface area (Å²) in [5.74, 6) is 0.724. The normalized spacial score (nSPS) is 12.4. The molecule has 0 aliphatic heterocycles. The predicted octanol–water partition coefficient (Wildman–Crippen LogP) is 2.70. The Morgan fingerprint density at radius 3 is 2.24 bits per heavy atom. The minimum atomic E-state index is 0.251. The average molecular weight is 245 g/mol. The van der Waals surface area contributed by atoms with Gasteiger partial charge in [-0.05, 0) is 30.8 Å². The van der Waals surface area contributed by atoms with Crippen molar-refractivity contribution in [3.05, 3.63) is 0 Å². The van der Waals surface area contributed by atoms with E-state index >= 15 is 0 Å². The van der Waals surface area contributed by atoms with E-state index < -0.39 is 0 Å². The second-order valence-electron chi connectivity index (χ2n) is 6.18. The summed E-state index contributed by atoms with van der Waals surface area (Å²) in [6.07, 6.45) is 1.08. The summed E-state index contributed by atoms with van der Waals surface area (Å²) in [6, 6.07) is 0. The Balaban J connectivity index is 3.04. The highest BCUT2D eigenvalue weighted by atomic mass is 16.5. The Bertz CT molecular complexity index is 164. The minimum Gasteiger partial charge on any atom is -0.379 e. The molecule has 0 heterocycles. The summed E-state index contributed by atoms with van der Waals surface area (Å²) in [7, 11) is 0. The zero-order chi connectivity index (χ0) is 13.1. The molecule has 17 heavy (non-hydrogen) atoms. The average Bonchev–Trinajstić information content (AvgIpc) is 2.18. The lowest BCUT2D eigenvalue weighted by Gasteiger charge is -2.17. The van der Waals surface area contributed by atoms with E-state index in [2.05, 4.69) is 39.9 Å².